The maximum absolute atomic E-state index is 14.1. The third-order valence-electron chi connectivity index (χ3n) is 13.3. The maximum Gasteiger partial charge on any atom is 0.326 e. The molecule has 0 aliphatic rings. The van der Waals surface area contributed by atoms with Gasteiger partial charge < -0.3 is 91.4 Å². The van der Waals surface area contributed by atoms with Crippen molar-refractivity contribution in [1.29, 1.82) is 0 Å². The van der Waals surface area contributed by atoms with Crippen LogP contribution in [0.5, 0.6) is 11.5 Å². The minimum Gasteiger partial charge on any atom is -0.508 e. The van der Waals surface area contributed by atoms with E-state index < -0.39 is 145 Å². The van der Waals surface area contributed by atoms with E-state index in [0.717, 1.165) is 0 Å². The van der Waals surface area contributed by atoms with E-state index in [1.807, 2.05) is 6.92 Å². The van der Waals surface area contributed by atoms with E-state index >= 15 is 0 Å². The van der Waals surface area contributed by atoms with Gasteiger partial charge in [0.2, 0.25) is 65.0 Å². The van der Waals surface area contributed by atoms with Crippen molar-refractivity contribution < 1.29 is 72.9 Å². The molecule has 0 heterocycles. The highest BCUT2D eigenvalue weighted by Gasteiger charge is 2.35. The smallest absolute Gasteiger partial charge is 0.326 e. The summed E-state index contributed by atoms with van der Waals surface area (Å²) in [4.78, 5) is 164. The Morgan fingerprint density at radius 1 is 0.517 bits per heavy atom. The molecule has 2 aromatic rings. The molecule has 11 amide bonds. The van der Waals surface area contributed by atoms with E-state index in [4.69, 9.17) is 22.9 Å². The molecular weight excluding hydrogens is 1150 g/mol. The number of guanidine groups is 1. The number of carbonyl (C=O) groups is 12. The first-order valence-corrected chi connectivity index (χ1v) is 28.9. The van der Waals surface area contributed by atoms with Gasteiger partial charge in [-0.1, -0.05) is 72.2 Å². The number of aliphatic imine (C=N–C) groups is 1. The minimum absolute atomic E-state index is 0.00707. The number of aliphatic carboxylic acids is 1. The molecule has 0 radical (unpaired) electrons. The van der Waals surface area contributed by atoms with Crippen LogP contribution in [0, 0.1) is 17.8 Å². The van der Waals surface area contributed by atoms with Crippen molar-refractivity contribution in [1.82, 2.24) is 53.2 Å². The Bertz CT molecular complexity index is 2710. The second-order valence-electron chi connectivity index (χ2n) is 21.8. The quantitative estimate of drug-likeness (QED) is 0.0134. The first-order valence-electron chi connectivity index (χ1n) is 28.3. The predicted octanol–water partition coefficient (Wildman–Crippen LogP) is -3.58. The molecule has 482 valence electrons. The molecule has 0 saturated carbocycles. The Morgan fingerprint density at radius 3 is 1.39 bits per heavy atom. The number of benzene rings is 2. The average Bonchev–Trinajstić information content (AvgIpc) is 3.52. The highest BCUT2D eigenvalue weighted by molar-refractivity contribution is 7.80. The lowest BCUT2D eigenvalue weighted by Gasteiger charge is -2.27. The van der Waals surface area contributed by atoms with Gasteiger partial charge in [0.05, 0.1) is 25.6 Å². The molecule has 87 heavy (non-hydrogen) atoms. The summed E-state index contributed by atoms with van der Waals surface area (Å²) in [7, 11) is 0. The van der Waals surface area contributed by atoms with Crippen molar-refractivity contribution >= 4 is 89.5 Å². The number of phenolic OH excluding ortho intramolecular Hbond substituents is 2. The van der Waals surface area contributed by atoms with Crippen molar-refractivity contribution in [2.24, 2.45) is 45.7 Å². The summed E-state index contributed by atoms with van der Waals surface area (Å²) in [5, 5.41) is 53.9. The molecule has 2 aromatic carbocycles. The van der Waals surface area contributed by atoms with Crippen molar-refractivity contribution in [3.8, 4) is 11.5 Å². The molecule has 0 aromatic heterocycles. The molecule has 0 aliphatic heterocycles. The standard InChI is InChI=1S/C56H87N15O15S/c1-8-30(6)46(58)54(84)64-31(7)47(77)68-39(22-32-11-15-34(72)16-12-32)52(82)70-40(24-43(57)74)53(83)69-38(21-29(4)5)51(81)67-36(10-9-19-61-56(59)60)48(78)62-26-45(76)66-42(27-87)49(79)63-25-44(75)65-37(20-28(2)3)50(80)71-41(55(85)86)23-33-13-17-35(73)18-14-33/h11-18,28-31,36-42,46,72-73,87H,8-10,19-27,58H2,1-7H3,(H2,57,74)(H,62,78)(H,63,79)(H,64,84)(H,65,75)(H,66,76)(H,67,81)(H,68,77)(H,69,83)(H,70,82)(H,71,80)(H,85,86)(H4,59,60,61)/t30-,31-,36-,37-,38-,39-,40-,41-,42-,46-/m0/s1. The number of nitrogens with one attached hydrogen (secondary N) is 10. The van der Waals surface area contributed by atoms with E-state index in [1.54, 1.807) is 34.6 Å². The Labute approximate surface area is 510 Å². The maximum atomic E-state index is 14.1. The summed E-state index contributed by atoms with van der Waals surface area (Å²) in [6.07, 6.45) is -0.585. The summed E-state index contributed by atoms with van der Waals surface area (Å²) in [5.74, 6) is -12.5. The number of nitrogens with zero attached hydrogens (tertiary/aromatic N) is 1. The highest BCUT2D eigenvalue weighted by Crippen LogP contribution is 2.15. The monoisotopic (exact) mass is 1240 g/mol. The molecule has 31 heteroatoms. The highest BCUT2D eigenvalue weighted by atomic mass is 32.1. The van der Waals surface area contributed by atoms with Gasteiger partial charge >= 0.3 is 5.97 Å². The molecule has 0 unspecified atom stereocenters. The van der Waals surface area contributed by atoms with Gasteiger partial charge in [-0.25, -0.2) is 4.79 Å². The molecule has 10 atom stereocenters. The Hall–Kier alpha value is -8.74. The average molecular weight is 1240 g/mol. The first-order chi connectivity index (χ1) is 40.8. The van der Waals surface area contributed by atoms with Crippen LogP contribution in [0.25, 0.3) is 0 Å². The van der Waals surface area contributed by atoms with Crippen LogP contribution >= 0.6 is 12.6 Å². The van der Waals surface area contributed by atoms with Crippen LogP contribution in [0.15, 0.2) is 53.5 Å². The molecule has 30 nitrogen and oxygen atoms in total. The molecule has 0 spiro atoms. The third kappa shape index (κ3) is 28.3. The number of aromatic hydroxyl groups is 2. The lowest BCUT2D eigenvalue weighted by molar-refractivity contribution is -0.142. The molecule has 0 bridgehead atoms. The van der Waals surface area contributed by atoms with Gasteiger partial charge in [0, 0.05) is 25.1 Å². The van der Waals surface area contributed by atoms with Crippen LogP contribution in [0.4, 0.5) is 0 Å². The normalized spacial score (nSPS) is 14.5. The zero-order valence-electron chi connectivity index (χ0n) is 50.0. The lowest BCUT2D eigenvalue weighted by Crippen LogP contribution is -2.60. The fraction of sp³-hybridized carbons (Fsp3) is 0.554. The lowest BCUT2D eigenvalue weighted by atomic mass is 9.99. The number of hydrogen-bond acceptors (Lipinski definition) is 17. The van der Waals surface area contributed by atoms with Crippen LogP contribution < -0.4 is 76.1 Å². The van der Waals surface area contributed by atoms with Gasteiger partial charge in [0.25, 0.3) is 0 Å². The van der Waals surface area contributed by atoms with Gasteiger partial charge in [-0.15, -0.1) is 0 Å². The molecule has 0 saturated heterocycles. The van der Waals surface area contributed by atoms with E-state index in [-0.39, 0.29) is 86.0 Å². The van der Waals surface area contributed by atoms with Gasteiger partial charge in [0.15, 0.2) is 5.96 Å². The SMILES string of the molecule is CC[C@H](C)[C@H](N)C(=O)N[C@@H](C)C(=O)N[C@@H](Cc1ccc(O)cc1)C(=O)N[C@@H](CC(N)=O)C(=O)N[C@@H](CC(C)C)C(=O)N[C@@H](CCCN=C(N)N)C(=O)NCC(=O)N[C@@H](CS)C(=O)NCC(=O)N[C@@H](CC(C)C)C(=O)N[C@@H](Cc1ccc(O)cc1)C(=O)O. The number of carboxylic acid groups (broad SMARTS) is 1. The van der Waals surface area contributed by atoms with Gasteiger partial charge in [-0.05, 0) is 85.8 Å². The summed E-state index contributed by atoms with van der Waals surface area (Å²) >= 11 is 4.14. The number of amides is 11. The molecular formula is C56H87N15O15S. The van der Waals surface area contributed by atoms with Gasteiger partial charge in [0.1, 0.15) is 59.8 Å². The number of phenols is 2. The van der Waals surface area contributed by atoms with Gasteiger partial charge in [-0.3, -0.25) is 57.7 Å². The van der Waals surface area contributed by atoms with Crippen LogP contribution in [-0.4, -0.2) is 172 Å². The zero-order valence-corrected chi connectivity index (χ0v) is 50.9. The summed E-state index contributed by atoms with van der Waals surface area (Å²) in [6.45, 7) is 10.5. The Morgan fingerprint density at radius 2 is 0.931 bits per heavy atom. The number of hydrogen-bond donors (Lipinski definition) is 18. The molecule has 0 fully saturated rings. The Balaban J connectivity index is 2.24. The van der Waals surface area contributed by atoms with E-state index in [1.165, 1.54) is 55.5 Å². The number of nitrogens with two attached hydrogens (primary N) is 4. The topological polar surface area (TPSA) is 502 Å². The second kappa shape index (κ2) is 37.6. The Kier molecular flexibility index (Phi) is 32.2. The van der Waals surface area contributed by atoms with Crippen LogP contribution in [0.2, 0.25) is 0 Å². The number of primary amides is 1. The van der Waals surface area contributed by atoms with E-state index in [9.17, 15) is 72.9 Å². The second-order valence-corrected chi connectivity index (χ2v) is 22.1. The summed E-state index contributed by atoms with van der Waals surface area (Å²) < 4.78 is 0. The van der Waals surface area contributed by atoms with E-state index in [2.05, 4.69) is 70.8 Å². The number of rotatable bonds is 38. The number of carbonyl (C=O) groups excluding carboxylic acids is 11. The molecule has 21 N–H and O–H groups in total. The summed E-state index contributed by atoms with van der Waals surface area (Å²) in [6, 6.07) is -0.871. The molecule has 0 aliphatic carbocycles. The summed E-state index contributed by atoms with van der Waals surface area (Å²) in [5.41, 5.74) is 23.5. The third-order valence-corrected chi connectivity index (χ3v) is 13.7. The fourth-order valence-electron chi connectivity index (χ4n) is 8.27. The zero-order chi connectivity index (χ0) is 65.7. The van der Waals surface area contributed by atoms with Crippen molar-refractivity contribution in [2.45, 2.75) is 154 Å². The van der Waals surface area contributed by atoms with Gasteiger partial charge in [-0.2, -0.15) is 12.6 Å². The van der Waals surface area contributed by atoms with Crippen molar-refractivity contribution in [3.05, 3.63) is 59.7 Å². The number of carboxylic acids is 1. The van der Waals surface area contributed by atoms with Crippen LogP contribution in [0.1, 0.15) is 98.1 Å². The van der Waals surface area contributed by atoms with E-state index in [0.29, 0.717) is 17.5 Å². The minimum atomic E-state index is -1.75. The van der Waals surface area contributed by atoms with Crippen molar-refractivity contribution in [2.75, 3.05) is 25.4 Å². The van der Waals surface area contributed by atoms with Crippen LogP contribution in [0.3, 0.4) is 0 Å². The van der Waals surface area contributed by atoms with Crippen molar-refractivity contribution in [3.63, 3.8) is 0 Å². The number of thiol groups is 1. The fourth-order valence-corrected chi connectivity index (χ4v) is 8.53. The molecule has 2 rings (SSSR count). The van der Waals surface area contributed by atoms with Crippen LogP contribution in [-0.2, 0) is 70.4 Å². The first kappa shape index (κ1) is 74.4. The predicted molar refractivity (Wildman–Crippen MR) is 322 cm³/mol. The largest absolute Gasteiger partial charge is 0.508 e.